The summed E-state index contributed by atoms with van der Waals surface area (Å²) in [6.45, 7) is 0. The number of hydrogen-bond acceptors (Lipinski definition) is 2. The van der Waals surface area contributed by atoms with Gasteiger partial charge in [0.05, 0.1) is 11.1 Å². The van der Waals surface area contributed by atoms with E-state index in [2.05, 4.69) is 4.98 Å². The Balaban J connectivity index is 0.00000169. The molecule has 0 atom stereocenters. The smallest absolute Gasteiger partial charge is 0.366 e. The van der Waals surface area contributed by atoms with Crippen LogP contribution in [0.25, 0.3) is 0 Å². The molecule has 3 nitrogen and oxygen atoms in total. The van der Waals surface area contributed by atoms with E-state index in [1.54, 1.807) is 0 Å². The number of amides is 1. The van der Waals surface area contributed by atoms with E-state index in [0.717, 1.165) is 6.20 Å². The molecule has 0 aromatic carbocycles. The van der Waals surface area contributed by atoms with Gasteiger partial charge in [-0.1, -0.05) is 0 Å². The van der Waals surface area contributed by atoms with Crippen LogP contribution in [-0.2, 0) is 6.18 Å². The van der Waals surface area contributed by atoms with E-state index < -0.39 is 17.6 Å². The number of hydrogen-bond donors (Lipinski definition) is 1. The Labute approximate surface area is 83.5 Å². The van der Waals surface area contributed by atoms with Gasteiger partial charge in [-0.15, -0.1) is 12.4 Å². The van der Waals surface area contributed by atoms with Crippen LogP contribution in [0.3, 0.4) is 0 Å². The van der Waals surface area contributed by atoms with Crippen molar-refractivity contribution in [3.8, 4) is 0 Å². The minimum Gasteiger partial charge on any atom is -0.366 e. The maximum atomic E-state index is 12.0. The summed E-state index contributed by atoms with van der Waals surface area (Å²) in [5.41, 5.74) is 3.54. The summed E-state index contributed by atoms with van der Waals surface area (Å²) in [4.78, 5) is 13.7. The molecular weight excluding hydrogens is 221 g/mol. The third-order valence-electron chi connectivity index (χ3n) is 1.35. The normalized spacial score (nSPS) is 10.5. The van der Waals surface area contributed by atoms with Crippen LogP contribution in [0.5, 0.6) is 0 Å². The fraction of sp³-hybridized carbons (Fsp3) is 0.143. The largest absolute Gasteiger partial charge is 0.417 e. The Morgan fingerprint density at radius 1 is 1.36 bits per heavy atom. The maximum Gasteiger partial charge on any atom is 0.417 e. The molecule has 78 valence electrons. The average molecular weight is 227 g/mol. The minimum atomic E-state index is -4.50. The van der Waals surface area contributed by atoms with E-state index in [9.17, 15) is 18.0 Å². The number of alkyl halides is 3. The molecule has 1 aromatic rings. The predicted octanol–water partition coefficient (Wildman–Crippen LogP) is 1.62. The van der Waals surface area contributed by atoms with Gasteiger partial charge < -0.3 is 5.73 Å². The van der Waals surface area contributed by atoms with Crippen molar-refractivity contribution in [2.75, 3.05) is 0 Å². The highest BCUT2D eigenvalue weighted by atomic mass is 35.5. The van der Waals surface area contributed by atoms with E-state index in [-0.39, 0.29) is 18.0 Å². The highest BCUT2D eigenvalue weighted by Crippen LogP contribution is 2.28. The zero-order chi connectivity index (χ0) is 10.1. The van der Waals surface area contributed by atoms with Crippen LogP contribution in [-0.4, -0.2) is 10.9 Å². The second kappa shape index (κ2) is 4.28. The van der Waals surface area contributed by atoms with Gasteiger partial charge in [-0.05, 0) is 6.07 Å². The fourth-order valence-corrected chi connectivity index (χ4v) is 0.730. The van der Waals surface area contributed by atoms with Gasteiger partial charge in [-0.3, -0.25) is 9.78 Å². The Morgan fingerprint density at radius 2 is 1.93 bits per heavy atom. The van der Waals surface area contributed by atoms with Crippen LogP contribution in [0, 0.1) is 0 Å². The van der Waals surface area contributed by atoms with Gasteiger partial charge in [0, 0.05) is 12.4 Å². The Kier molecular flexibility index (Phi) is 3.88. The highest BCUT2D eigenvalue weighted by molar-refractivity contribution is 5.92. The summed E-state index contributed by atoms with van der Waals surface area (Å²) in [6.07, 6.45) is -2.89. The van der Waals surface area contributed by atoms with Gasteiger partial charge in [-0.2, -0.15) is 13.2 Å². The van der Waals surface area contributed by atoms with Crippen LogP contribution >= 0.6 is 12.4 Å². The van der Waals surface area contributed by atoms with Crippen molar-refractivity contribution in [1.29, 1.82) is 0 Å². The van der Waals surface area contributed by atoms with Crippen LogP contribution in [0.2, 0.25) is 0 Å². The quantitative estimate of drug-likeness (QED) is 0.791. The molecule has 0 aliphatic carbocycles. The van der Waals surface area contributed by atoms with Crippen LogP contribution in [0.15, 0.2) is 18.5 Å². The Morgan fingerprint density at radius 3 is 2.36 bits per heavy atom. The van der Waals surface area contributed by atoms with Gasteiger partial charge in [-0.25, -0.2) is 0 Å². The number of pyridine rings is 1. The van der Waals surface area contributed by atoms with Crippen molar-refractivity contribution in [3.05, 3.63) is 29.6 Å². The first-order valence-electron chi connectivity index (χ1n) is 3.23. The third kappa shape index (κ3) is 2.88. The lowest BCUT2D eigenvalue weighted by molar-refractivity contribution is -0.137. The molecule has 1 rings (SSSR count). The van der Waals surface area contributed by atoms with Crippen LogP contribution in [0.1, 0.15) is 15.9 Å². The summed E-state index contributed by atoms with van der Waals surface area (Å²) >= 11 is 0. The Hall–Kier alpha value is -1.30. The molecular formula is C7H6ClF3N2O. The maximum absolute atomic E-state index is 12.0. The number of nitrogens with zero attached hydrogens (tertiary/aromatic N) is 1. The van der Waals surface area contributed by atoms with Gasteiger partial charge in [0.25, 0.3) is 0 Å². The summed E-state index contributed by atoms with van der Waals surface area (Å²) < 4.78 is 36.1. The van der Waals surface area contributed by atoms with E-state index >= 15 is 0 Å². The van der Waals surface area contributed by atoms with Gasteiger partial charge in [0.1, 0.15) is 0 Å². The number of halogens is 4. The first-order chi connectivity index (χ1) is 5.91. The molecule has 0 aliphatic heterocycles. The second-order valence-electron chi connectivity index (χ2n) is 2.32. The van der Waals surface area contributed by atoms with Gasteiger partial charge in [0.15, 0.2) is 0 Å². The lowest BCUT2D eigenvalue weighted by Crippen LogP contribution is -2.14. The first-order valence-corrected chi connectivity index (χ1v) is 3.23. The molecule has 1 aromatic heterocycles. The molecule has 14 heavy (non-hydrogen) atoms. The van der Waals surface area contributed by atoms with E-state index in [1.165, 1.54) is 0 Å². The van der Waals surface area contributed by atoms with Crippen molar-refractivity contribution in [3.63, 3.8) is 0 Å². The number of carbonyl (C=O) groups excluding carboxylic acids is 1. The van der Waals surface area contributed by atoms with Crippen molar-refractivity contribution in [1.82, 2.24) is 4.98 Å². The number of nitrogens with two attached hydrogens (primary N) is 1. The molecule has 0 unspecified atom stereocenters. The zero-order valence-electron chi connectivity index (χ0n) is 6.71. The molecule has 1 amide bonds. The van der Waals surface area contributed by atoms with E-state index in [1.807, 2.05) is 0 Å². The van der Waals surface area contributed by atoms with Crippen molar-refractivity contribution >= 4 is 18.3 Å². The molecule has 0 aliphatic rings. The number of carbonyl (C=O) groups is 1. The van der Waals surface area contributed by atoms with Crippen molar-refractivity contribution < 1.29 is 18.0 Å². The second-order valence-corrected chi connectivity index (χ2v) is 2.32. The molecule has 0 saturated heterocycles. The van der Waals surface area contributed by atoms with Crippen LogP contribution in [0.4, 0.5) is 13.2 Å². The topological polar surface area (TPSA) is 56.0 Å². The number of primary amides is 1. The zero-order valence-corrected chi connectivity index (χ0v) is 7.52. The molecule has 0 bridgehead atoms. The predicted molar refractivity (Wildman–Crippen MR) is 45.0 cm³/mol. The monoisotopic (exact) mass is 226 g/mol. The molecule has 0 radical (unpaired) electrons. The minimum absolute atomic E-state index is 0. The van der Waals surface area contributed by atoms with Crippen LogP contribution < -0.4 is 5.73 Å². The van der Waals surface area contributed by atoms with E-state index in [0.29, 0.717) is 12.3 Å². The Bertz CT molecular complexity index is 340. The summed E-state index contributed by atoms with van der Waals surface area (Å²) in [6, 6.07) is 0.662. The lowest BCUT2D eigenvalue weighted by atomic mass is 10.2. The number of rotatable bonds is 1. The highest BCUT2D eigenvalue weighted by Gasteiger charge is 2.31. The molecule has 0 fully saturated rings. The number of aromatic nitrogens is 1. The summed E-state index contributed by atoms with van der Waals surface area (Å²) in [7, 11) is 0. The molecule has 2 N–H and O–H groups in total. The third-order valence-corrected chi connectivity index (χ3v) is 1.35. The molecule has 7 heteroatoms. The summed E-state index contributed by atoms with van der Waals surface area (Å²) in [5, 5.41) is 0. The van der Waals surface area contributed by atoms with Gasteiger partial charge in [0.2, 0.25) is 5.91 Å². The van der Waals surface area contributed by atoms with Gasteiger partial charge >= 0.3 is 6.18 Å². The fourth-order valence-electron chi connectivity index (χ4n) is 0.730. The first kappa shape index (κ1) is 12.7. The molecule has 1 heterocycles. The standard InChI is InChI=1S/C7H5F3N2O.ClH/c8-7(9,10)5-1-4(6(11)13)2-12-3-5;/h1-3H,(H2,11,13);1H. The van der Waals surface area contributed by atoms with Crippen molar-refractivity contribution in [2.24, 2.45) is 5.73 Å². The average Bonchev–Trinajstić information content (AvgIpc) is 2.03. The van der Waals surface area contributed by atoms with Crippen molar-refractivity contribution in [2.45, 2.75) is 6.18 Å². The SMILES string of the molecule is Cl.NC(=O)c1cncc(C(F)(F)F)c1. The van der Waals surface area contributed by atoms with E-state index in [4.69, 9.17) is 5.73 Å². The lowest BCUT2D eigenvalue weighted by Gasteiger charge is -2.05. The molecule has 0 spiro atoms. The summed E-state index contributed by atoms with van der Waals surface area (Å²) in [5.74, 6) is -0.932. The molecule has 0 saturated carbocycles.